The Morgan fingerprint density at radius 1 is 1.19 bits per heavy atom. The topological polar surface area (TPSA) is 83.2 Å². The molecular formula is C15H25NO5. The molecule has 1 aromatic carbocycles. The zero-order chi connectivity index (χ0) is 15.7. The molecule has 3 N–H and O–H groups in total. The van der Waals surface area contributed by atoms with Gasteiger partial charge in [-0.3, -0.25) is 0 Å². The third-order valence-electron chi connectivity index (χ3n) is 2.88. The molecule has 1 aromatic rings. The lowest BCUT2D eigenvalue weighted by molar-refractivity contribution is -0.00437. The van der Waals surface area contributed by atoms with E-state index < -0.39 is 6.10 Å². The monoisotopic (exact) mass is 299 g/mol. The van der Waals surface area contributed by atoms with Crippen molar-refractivity contribution in [2.45, 2.75) is 19.1 Å². The summed E-state index contributed by atoms with van der Waals surface area (Å²) in [5.74, 6) is 1.29. The van der Waals surface area contributed by atoms with Gasteiger partial charge >= 0.3 is 0 Å². The number of hydrogen-bond acceptors (Lipinski definition) is 6. The predicted octanol–water partition coefficient (Wildman–Crippen LogP) is 1.12. The molecule has 0 radical (unpaired) electrons. The third kappa shape index (κ3) is 6.31. The van der Waals surface area contributed by atoms with Gasteiger partial charge in [-0.25, -0.2) is 0 Å². The number of nitrogens with two attached hydrogens (primary N) is 1. The van der Waals surface area contributed by atoms with Crippen molar-refractivity contribution < 1.29 is 24.1 Å². The smallest absolute Gasteiger partial charge is 0.127 e. The number of hydrogen-bond donors (Lipinski definition) is 2. The summed E-state index contributed by atoms with van der Waals surface area (Å²) in [7, 11) is 3.18. The van der Waals surface area contributed by atoms with Crippen LogP contribution >= 0.6 is 0 Å². The summed E-state index contributed by atoms with van der Waals surface area (Å²) in [6, 6.07) is 5.29. The fraction of sp³-hybridized carbons (Fsp3) is 0.600. The Labute approximate surface area is 125 Å². The minimum Gasteiger partial charge on any atom is -0.497 e. The first kappa shape index (κ1) is 17.7. The van der Waals surface area contributed by atoms with Crippen molar-refractivity contribution in [3.63, 3.8) is 0 Å². The minimum atomic E-state index is -0.714. The maximum Gasteiger partial charge on any atom is 0.127 e. The van der Waals surface area contributed by atoms with Crippen molar-refractivity contribution in [3.05, 3.63) is 23.8 Å². The molecule has 1 rings (SSSR count). The fourth-order valence-electron chi connectivity index (χ4n) is 1.74. The lowest BCUT2D eigenvalue weighted by Crippen LogP contribution is -2.25. The van der Waals surface area contributed by atoms with E-state index in [1.807, 2.05) is 19.1 Å². The van der Waals surface area contributed by atoms with E-state index in [1.54, 1.807) is 20.3 Å². The van der Waals surface area contributed by atoms with E-state index in [4.69, 9.17) is 24.7 Å². The molecule has 0 aliphatic rings. The minimum absolute atomic E-state index is 0.125. The van der Waals surface area contributed by atoms with Gasteiger partial charge in [0.2, 0.25) is 0 Å². The highest BCUT2D eigenvalue weighted by Crippen LogP contribution is 2.28. The van der Waals surface area contributed by atoms with Gasteiger partial charge in [0.25, 0.3) is 0 Å². The molecule has 0 aliphatic carbocycles. The molecule has 0 amide bonds. The van der Waals surface area contributed by atoms with Gasteiger partial charge in [0.1, 0.15) is 24.2 Å². The van der Waals surface area contributed by atoms with E-state index >= 15 is 0 Å². The SMILES string of the molecule is COCCOCC(O)COc1cc(OC)ccc1[C@H](C)N. The van der Waals surface area contributed by atoms with Crippen LogP contribution in [0, 0.1) is 0 Å². The maximum absolute atomic E-state index is 9.81. The summed E-state index contributed by atoms with van der Waals surface area (Å²) in [6.45, 7) is 3.13. The number of benzene rings is 1. The molecule has 21 heavy (non-hydrogen) atoms. The molecule has 120 valence electrons. The molecule has 0 fully saturated rings. The molecule has 0 aromatic heterocycles. The van der Waals surface area contributed by atoms with Crippen LogP contribution in [0.3, 0.4) is 0 Å². The van der Waals surface area contributed by atoms with E-state index in [2.05, 4.69) is 0 Å². The van der Waals surface area contributed by atoms with Gasteiger partial charge in [-0.15, -0.1) is 0 Å². The van der Waals surface area contributed by atoms with Gasteiger partial charge in [-0.1, -0.05) is 6.07 Å². The molecule has 0 heterocycles. The quantitative estimate of drug-likeness (QED) is 0.630. The first-order valence-corrected chi connectivity index (χ1v) is 6.89. The second kappa shape index (κ2) is 9.57. The van der Waals surface area contributed by atoms with E-state index in [1.165, 1.54) is 0 Å². The second-order valence-corrected chi connectivity index (χ2v) is 4.72. The molecule has 0 aliphatic heterocycles. The molecule has 0 spiro atoms. The Balaban J connectivity index is 2.52. The highest BCUT2D eigenvalue weighted by molar-refractivity contribution is 5.42. The molecule has 1 unspecified atom stereocenters. The summed E-state index contributed by atoms with van der Waals surface area (Å²) in [5.41, 5.74) is 6.77. The molecule has 0 saturated heterocycles. The summed E-state index contributed by atoms with van der Waals surface area (Å²) in [5, 5.41) is 9.81. The van der Waals surface area contributed by atoms with Crippen LogP contribution in [0.1, 0.15) is 18.5 Å². The summed E-state index contributed by atoms with van der Waals surface area (Å²) in [6.07, 6.45) is -0.714. The molecule has 0 saturated carbocycles. The molecule has 6 nitrogen and oxygen atoms in total. The van der Waals surface area contributed by atoms with Crippen molar-refractivity contribution >= 4 is 0 Å². The lowest BCUT2D eigenvalue weighted by atomic mass is 10.1. The Hall–Kier alpha value is -1.34. The number of aliphatic hydroxyl groups is 1. The standard InChI is InChI=1S/C15H25NO5/c1-11(16)14-5-4-13(19-3)8-15(14)21-10-12(17)9-20-7-6-18-2/h4-5,8,11-12,17H,6-7,9-10,16H2,1-3H3/t11-,12?/m0/s1. The number of rotatable bonds is 10. The highest BCUT2D eigenvalue weighted by atomic mass is 16.5. The van der Waals surface area contributed by atoms with E-state index in [9.17, 15) is 5.11 Å². The molecular weight excluding hydrogens is 274 g/mol. The molecule has 0 bridgehead atoms. The zero-order valence-corrected chi connectivity index (χ0v) is 12.9. The Morgan fingerprint density at radius 3 is 2.57 bits per heavy atom. The van der Waals surface area contributed by atoms with Crippen LogP contribution in [0.5, 0.6) is 11.5 Å². The van der Waals surface area contributed by atoms with Gasteiger partial charge in [0.05, 0.1) is 26.9 Å². The normalized spacial score (nSPS) is 13.8. The van der Waals surface area contributed by atoms with Crippen molar-refractivity contribution in [1.29, 1.82) is 0 Å². The number of methoxy groups -OCH3 is 2. The van der Waals surface area contributed by atoms with E-state index in [0.717, 1.165) is 5.56 Å². The predicted molar refractivity (Wildman–Crippen MR) is 79.8 cm³/mol. The maximum atomic E-state index is 9.81. The first-order valence-electron chi connectivity index (χ1n) is 6.89. The Morgan fingerprint density at radius 2 is 1.95 bits per heavy atom. The van der Waals surface area contributed by atoms with E-state index in [-0.39, 0.29) is 19.3 Å². The third-order valence-corrected chi connectivity index (χ3v) is 2.88. The van der Waals surface area contributed by atoms with Crippen molar-refractivity contribution in [1.82, 2.24) is 0 Å². The van der Waals surface area contributed by atoms with Gasteiger partial charge in [0, 0.05) is 24.8 Å². The van der Waals surface area contributed by atoms with Crippen molar-refractivity contribution in [2.75, 3.05) is 40.6 Å². The van der Waals surface area contributed by atoms with Crippen LogP contribution in [0.25, 0.3) is 0 Å². The van der Waals surface area contributed by atoms with Crippen LogP contribution in [0.2, 0.25) is 0 Å². The highest BCUT2D eigenvalue weighted by Gasteiger charge is 2.12. The molecule has 6 heteroatoms. The van der Waals surface area contributed by atoms with Gasteiger partial charge in [0.15, 0.2) is 0 Å². The van der Waals surface area contributed by atoms with Gasteiger partial charge in [-0.05, 0) is 13.0 Å². The van der Waals surface area contributed by atoms with Gasteiger partial charge < -0.3 is 29.8 Å². The molecule has 2 atom stereocenters. The average molecular weight is 299 g/mol. The average Bonchev–Trinajstić information content (AvgIpc) is 2.49. The summed E-state index contributed by atoms with van der Waals surface area (Å²) in [4.78, 5) is 0. The van der Waals surface area contributed by atoms with Crippen molar-refractivity contribution in [3.8, 4) is 11.5 Å². The van der Waals surface area contributed by atoms with Crippen LogP contribution in [0.4, 0.5) is 0 Å². The largest absolute Gasteiger partial charge is 0.497 e. The second-order valence-electron chi connectivity index (χ2n) is 4.72. The fourth-order valence-corrected chi connectivity index (χ4v) is 1.74. The van der Waals surface area contributed by atoms with Gasteiger partial charge in [-0.2, -0.15) is 0 Å². The van der Waals surface area contributed by atoms with Crippen LogP contribution in [-0.4, -0.2) is 51.9 Å². The number of aliphatic hydroxyl groups excluding tert-OH is 1. The van der Waals surface area contributed by atoms with Crippen molar-refractivity contribution in [2.24, 2.45) is 5.73 Å². The number of ether oxygens (including phenoxy) is 4. The van der Waals surface area contributed by atoms with Crippen LogP contribution < -0.4 is 15.2 Å². The lowest BCUT2D eigenvalue weighted by Gasteiger charge is -2.17. The van der Waals surface area contributed by atoms with E-state index in [0.29, 0.717) is 24.7 Å². The van der Waals surface area contributed by atoms with Crippen LogP contribution in [0.15, 0.2) is 18.2 Å². The van der Waals surface area contributed by atoms with Crippen LogP contribution in [-0.2, 0) is 9.47 Å². The zero-order valence-electron chi connectivity index (χ0n) is 12.9. The Bertz CT molecular complexity index is 411. The summed E-state index contributed by atoms with van der Waals surface area (Å²) >= 11 is 0. The first-order chi connectivity index (χ1) is 10.1. The Kier molecular flexibility index (Phi) is 8.07. The summed E-state index contributed by atoms with van der Waals surface area (Å²) < 4.78 is 20.9.